The summed E-state index contributed by atoms with van der Waals surface area (Å²) in [6.45, 7) is 4.28. The Hall–Kier alpha value is -1.84. The van der Waals surface area contributed by atoms with Crippen LogP contribution in [-0.4, -0.2) is 29.3 Å². The van der Waals surface area contributed by atoms with Crippen molar-refractivity contribution in [3.05, 3.63) is 35.4 Å². The molecule has 0 bridgehead atoms. The van der Waals surface area contributed by atoms with Gasteiger partial charge in [-0.3, -0.25) is 9.59 Å². The Balaban J connectivity index is 1.71. The van der Waals surface area contributed by atoms with E-state index in [4.69, 9.17) is 0 Å². The van der Waals surface area contributed by atoms with Crippen LogP contribution in [0.2, 0.25) is 0 Å². The number of nitrogens with zero attached hydrogens (tertiary/aromatic N) is 1. The highest BCUT2D eigenvalue weighted by Crippen LogP contribution is 2.34. The summed E-state index contributed by atoms with van der Waals surface area (Å²) in [6, 6.07) is 9.02. The summed E-state index contributed by atoms with van der Waals surface area (Å²) < 4.78 is 0. The van der Waals surface area contributed by atoms with Crippen LogP contribution >= 0.6 is 0 Å². The zero-order valence-electron chi connectivity index (χ0n) is 14.0. The van der Waals surface area contributed by atoms with Gasteiger partial charge in [0.2, 0.25) is 11.8 Å². The zero-order chi connectivity index (χ0) is 16.4. The van der Waals surface area contributed by atoms with Crippen molar-refractivity contribution < 1.29 is 9.59 Å². The van der Waals surface area contributed by atoms with E-state index in [9.17, 15) is 9.59 Å². The molecule has 1 N–H and O–H groups in total. The van der Waals surface area contributed by atoms with Crippen LogP contribution in [0.5, 0.6) is 0 Å². The second kappa shape index (κ2) is 6.73. The molecule has 1 aromatic carbocycles. The molecule has 1 aromatic rings. The molecule has 2 aliphatic rings. The van der Waals surface area contributed by atoms with Crippen LogP contribution in [-0.2, 0) is 16.0 Å². The lowest BCUT2D eigenvalue weighted by Crippen LogP contribution is -2.46. The molecule has 2 unspecified atom stereocenters. The monoisotopic (exact) mass is 314 g/mol. The maximum Gasteiger partial charge on any atom is 0.225 e. The SMILES string of the molecule is CCc1ccc(C2CCC(C(=O)NC3CC3)CN2C(C)=O)cc1. The molecule has 1 saturated carbocycles. The predicted molar refractivity (Wildman–Crippen MR) is 89.8 cm³/mol. The van der Waals surface area contributed by atoms with E-state index in [1.807, 2.05) is 4.90 Å². The van der Waals surface area contributed by atoms with Crippen LogP contribution < -0.4 is 5.32 Å². The van der Waals surface area contributed by atoms with Gasteiger partial charge in [0.05, 0.1) is 12.0 Å². The van der Waals surface area contributed by atoms with E-state index >= 15 is 0 Å². The van der Waals surface area contributed by atoms with Gasteiger partial charge < -0.3 is 10.2 Å². The van der Waals surface area contributed by atoms with Crippen molar-refractivity contribution in [3.8, 4) is 0 Å². The van der Waals surface area contributed by atoms with E-state index in [2.05, 4.69) is 36.5 Å². The average molecular weight is 314 g/mol. The average Bonchev–Trinajstić information content (AvgIpc) is 3.38. The molecule has 23 heavy (non-hydrogen) atoms. The van der Waals surface area contributed by atoms with E-state index in [0.29, 0.717) is 12.6 Å². The number of hydrogen-bond donors (Lipinski definition) is 1. The van der Waals surface area contributed by atoms with Crippen molar-refractivity contribution in [1.82, 2.24) is 10.2 Å². The molecule has 1 saturated heterocycles. The number of carbonyl (C=O) groups is 2. The molecular formula is C19H26N2O2. The molecule has 4 nitrogen and oxygen atoms in total. The van der Waals surface area contributed by atoms with E-state index < -0.39 is 0 Å². The lowest BCUT2D eigenvalue weighted by atomic mass is 9.88. The van der Waals surface area contributed by atoms with Crippen LogP contribution in [0.25, 0.3) is 0 Å². The largest absolute Gasteiger partial charge is 0.353 e. The predicted octanol–water partition coefficient (Wildman–Crippen LogP) is 2.83. The second-order valence-corrected chi connectivity index (χ2v) is 6.84. The van der Waals surface area contributed by atoms with E-state index in [0.717, 1.165) is 32.1 Å². The minimum atomic E-state index is -0.0642. The smallest absolute Gasteiger partial charge is 0.225 e. The number of aryl methyl sites for hydroxylation is 1. The summed E-state index contributed by atoms with van der Waals surface area (Å²) in [4.78, 5) is 26.3. The topological polar surface area (TPSA) is 49.4 Å². The van der Waals surface area contributed by atoms with Crippen LogP contribution in [0, 0.1) is 5.92 Å². The molecule has 2 atom stereocenters. The first-order valence-electron chi connectivity index (χ1n) is 8.75. The van der Waals surface area contributed by atoms with Gasteiger partial charge in [-0.05, 0) is 43.2 Å². The highest BCUT2D eigenvalue weighted by atomic mass is 16.2. The fourth-order valence-corrected chi connectivity index (χ4v) is 3.40. The van der Waals surface area contributed by atoms with Gasteiger partial charge in [0.15, 0.2) is 0 Å². The second-order valence-electron chi connectivity index (χ2n) is 6.84. The minimum absolute atomic E-state index is 0.0542. The van der Waals surface area contributed by atoms with Crippen molar-refractivity contribution in [2.45, 2.75) is 58.0 Å². The molecule has 124 valence electrons. The molecular weight excluding hydrogens is 288 g/mol. The maximum atomic E-state index is 12.3. The summed E-state index contributed by atoms with van der Waals surface area (Å²) in [5, 5.41) is 3.08. The van der Waals surface area contributed by atoms with Gasteiger partial charge in [-0.15, -0.1) is 0 Å². The molecule has 2 amide bonds. The van der Waals surface area contributed by atoms with Gasteiger partial charge in [-0.1, -0.05) is 31.2 Å². The Bertz CT molecular complexity index is 578. The molecule has 2 fully saturated rings. The number of nitrogens with one attached hydrogen (secondary N) is 1. The highest BCUT2D eigenvalue weighted by molar-refractivity contribution is 5.81. The van der Waals surface area contributed by atoms with Crippen molar-refractivity contribution in [3.63, 3.8) is 0 Å². The van der Waals surface area contributed by atoms with Crippen LogP contribution in [0.3, 0.4) is 0 Å². The molecule has 1 heterocycles. The molecule has 1 aliphatic carbocycles. The number of benzene rings is 1. The van der Waals surface area contributed by atoms with Gasteiger partial charge in [-0.2, -0.15) is 0 Å². The quantitative estimate of drug-likeness (QED) is 0.929. The Morgan fingerprint density at radius 2 is 1.83 bits per heavy atom. The number of carbonyl (C=O) groups excluding carboxylic acids is 2. The van der Waals surface area contributed by atoms with Crippen molar-refractivity contribution in [2.75, 3.05) is 6.54 Å². The maximum absolute atomic E-state index is 12.3. The highest BCUT2D eigenvalue weighted by Gasteiger charge is 2.35. The number of rotatable bonds is 4. The summed E-state index contributed by atoms with van der Waals surface area (Å²) in [6.07, 6.45) is 4.92. The Labute approximate surface area is 138 Å². The Morgan fingerprint density at radius 1 is 1.13 bits per heavy atom. The van der Waals surface area contributed by atoms with Gasteiger partial charge in [-0.25, -0.2) is 0 Å². The third-order valence-electron chi connectivity index (χ3n) is 5.05. The Morgan fingerprint density at radius 3 is 2.39 bits per heavy atom. The third-order valence-corrected chi connectivity index (χ3v) is 5.05. The molecule has 0 spiro atoms. The van der Waals surface area contributed by atoms with E-state index in [1.54, 1.807) is 6.92 Å². The lowest BCUT2D eigenvalue weighted by molar-refractivity contribution is -0.137. The summed E-state index contributed by atoms with van der Waals surface area (Å²) in [7, 11) is 0. The molecule has 0 radical (unpaired) electrons. The van der Waals surface area contributed by atoms with Gasteiger partial charge in [0.1, 0.15) is 0 Å². The molecule has 4 heteroatoms. The summed E-state index contributed by atoms with van der Waals surface area (Å²) in [5.74, 6) is 0.114. The van der Waals surface area contributed by atoms with Crippen LogP contribution in [0.4, 0.5) is 0 Å². The lowest BCUT2D eigenvalue weighted by Gasteiger charge is -2.39. The third kappa shape index (κ3) is 3.74. The fourth-order valence-electron chi connectivity index (χ4n) is 3.40. The van der Waals surface area contributed by atoms with Crippen LogP contribution in [0.15, 0.2) is 24.3 Å². The molecule has 0 aromatic heterocycles. The summed E-state index contributed by atoms with van der Waals surface area (Å²) >= 11 is 0. The van der Waals surface area contributed by atoms with Crippen molar-refractivity contribution in [2.24, 2.45) is 5.92 Å². The minimum Gasteiger partial charge on any atom is -0.353 e. The fraction of sp³-hybridized carbons (Fsp3) is 0.579. The number of amides is 2. The number of likely N-dealkylation sites (tertiary alicyclic amines) is 1. The standard InChI is InChI=1S/C19H26N2O2/c1-3-14-4-6-15(7-5-14)18-11-8-16(12-21(18)13(2)22)19(23)20-17-9-10-17/h4-7,16-18H,3,8-12H2,1-2H3,(H,20,23). The van der Waals surface area contributed by atoms with Gasteiger partial charge in [0, 0.05) is 19.5 Å². The van der Waals surface area contributed by atoms with Gasteiger partial charge >= 0.3 is 0 Å². The molecule has 1 aliphatic heterocycles. The van der Waals surface area contributed by atoms with Crippen molar-refractivity contribution in [1.29, 1.82) is 0 Å². The van der Waals surface area contributed by atoms with E-state index in [1.165, 1.54) is 11.1 Å². The van der Waals surface area contributed by atoms with Crippen LogP contribution in [0.1, 0.15) is 56.7 Å². The first-order valence-corrected chi connectivity index (χ1v) is 8.75. The number of piperidine rings is 1. The summed E-state index contributed by atoms with van der Waals surface area (Å²) in [5.41, 5.74) is 2.49. The van der Waals surface area contributed by atoms with E-state index in [-0.39, 0.29) is 23.8 Å². The number of hydrogen-bond acceptors (Lipinski definition) is 2. The normalized spacial score (nSPS) is 24.3. The first-order chi connectivity index (χ1) is 11.1. The first kappa shape index (κ1) is 16.0. The zero-order valence-corrected chi connectivity index (χ0v) is 14.0. The van der Waals surface area contributed by atoms with Gasteiger partial charge in [0.25, 0.3) is 0 Å². The Kier molecular flexibility index (Phi) is 4.69. The van der Waals surface area contributed by atoms with Crippen molar-refractivity contribution >= 4 is 11.8 Å². The molecule has 3 rings (SSSR count).